The first-order chi connectivity index (χ1) is 14.1. The summed E-state index contributed by atoms with van der Waals surface area (Å²) in [6, 6.07) is 19.0. The van der Waals surface area contributed by atoms with Crippen molar-refractivity contribution in [3.63, 3.8) is 0 Å². The van der Waals surface area contributed by atoms with Gasteiger partial charge in [-0.15, -0.1) is 10.2 Å². The lowest BCUT2D eigenvalue weighted by Gasteiger charge is -2.30. The second-order valence-corrected chi connectivity index (χ2v) is 8.40. The molecule has 5 nitrogen and oxygen atoms in total. The van der Waals surface area contributed by atoms with Crippen LogP contribution < -0.4 is 10.2 Å². The quantitative estimate of drug-likeness (QED) is 0.578. The Morgan fingerprint density at radius 1 is 1.03 bits per heavy atom. The highest BCUT2D eigenvalue weighted by Gasteiger charge is 2.17. The van der Waals surface area contributed by atoms with Gasteiger partial charge in [-0.05, 0) is 67.3 Å². The van der Waals surface area contributed by atoms with Crippen LogP contribution in [0.15, 0.2) is 65.1 Å². The summed E-state index contributed by atoms with van der Waals surface area (Å²) in [5.41, 5.74) is 3.05. The minimum Gasteiger partial charge on any atom is -0.355 e. The maximum absolute atomic E-state index is 12.5. The van der Waals surface area contributed by atoms with Crippen molar-refractivity contribution in [2.24, 2.45) is 5.92 Å². The zero-order valence-corrected chi connectivity index (χ0v) is 17.9. The molecule has 2 heterocycles. The number of benzene rings is 2. The van der Waals surface area contributed by atoms with Crippen molar-refractivity contribution in [2.75, 3.05) is 23.3 Å². The Morgan fingerprint density at radius 2 is 1.79 bits per heavy atom. The van der Waals surface area contributed by atoms with Crippen molar-refractivity contribution in [3.8, 4) is 11.3 Å². The number of halogens is 1. The fourth-order valence-electron chi connectivity index (χ4n) is 3.45. The molecule has 0 unspecified atom stereocenters. The Balaban J connectivity index is 1.47. The molecule has 6 heteroatoms. The van der Waals surface area contributed by atoms with Gasteiger partial charge >= 0.3 is 0 Å². The van der Waals surface area contributed by atoms with Crippen molar-refractivity contribution in [3.05, 3.63) is 70.7 Å². The summed E-state index contributed by atoms with van der Waals surface area (Å²) in [6.07, 6.45) is 2.40. The topological polar surface area (TPSA) is 58.1 Å². The summed E-state index contributed by atoms with van der Waals surface area (Å²) < 4.78 is 0.942. The van der Waals surface area contributed by atoms with E-state index in [0.29, 0.717) is 5.56 Å². The molecule has 1 amide bonds. The summed E-state index contributed by atoms with van der Waals surface area (Å²) in [5, 5.41) is 11.8. The van der Waals surface area contributed by atoms with Crippen molar-refractivity contribution in [1.82, 2.24) is 10.2 Å². The molecule has 1 aliphatic heterocycles. The van der Waals surface area contributed by atoms with E-state index in [0.717, 1.165) is 46.2 Å². The van der Waals surface area contributed by atoms with E-state index >= 15 is 0 Å². The van der Waals surface area contributed by atoms with E-state index < -0.39 is 0 Å². The number of hydrogen-bond donors (Lipinski definition) is 1. The fourth-order valence-corrected chi connectivity index (χ4v) is 3.71. The SMILES string of the molecule is CC1CCN(c2ccc(-c3cccc(NC(=O)c4ccc(Br)cc4)c3)nn2)CC1. The van der Waals surface area contributed by atoms with Crippen LogP contribution >= 0.6 is 15.9 Å². The summed E-state index contributed by atoms with van der Waals surface area (Å²) in [4.78, 5) is 14.8. The number of nitrogens with zero attached hydrogens (tertiary/aromatic N) is 3. The first-order valence-corrected chi connectivity index (χ1v) is 10.6. The smallest absolute Gasteiger partial charge is 0.255 e. The molecule has 1 aliphatic rings. The lowest BCUT2D eigenvalue weighted by molar-refractivity contribution is 0.102. The van der Waals surface area contributed by atoms with E-state index in [9.17, 15) is 4.79 Å². The molecule has 0 spiro atoms. The number of aromatic nitrogens is 2. The van der Waals surface area contributed by atoms with E-state index in [2.05, 4.69) is 43.3 Å². The van der Waals surface area contributed by atoms with Gasteiger partial charge in [0.05, 0.1) is 5.69 Å². The van der Waals surface area contributed by atoms with Crippen molar-refractivity contribution in [2.45, 2.75) is 19.8 Å². The van der Waals surface area contributed by atoms with Gasteiger partial charge in [0.15, 0.2) is 5.82 Å². The monoisotopic (exact) mass is 450 g/mol. The highest BCUT2D eigenvalue weighted by molar-refractivity contribution is 9.10. The van der Waals surface area contributed by atoms with Crippen LogP contribution in [0, 0.1) is 5.92 Å². The third-order valence-corrected chi connectivity index (χ3v) is 5.81. The number of rotatable bonds is 4. The lowest BCUT2D eigenvalue weighted by Crippen LogP contribution is -2.33. The number of hydrogen-bond acceptors (Lipinski definition) is 4. The molecule has 1 N–H and O–H groups in total. The highest BCUT2D eigenvalue weighted by Crippen LogP contribution is 2.24. The van der Waals surface area contributed by atoms with Gasteiger partial charge in [0.2, 0.25) is 0 Å². The van der Waals surface area contributed by atoms with Crippen LogP contribution in [0.1, 0.15) is 30.1 Å². The van der Waals surface area contributed by atoms with E-state index in [1.807, 2.05) is 48.5 Å². The number of nitrogens with one attached hydrogen (secondary N) is 1. The van der Waals surface area contributed by atoms with Gasteiger partial charge in [-0.1, -0.05) is 35.0 Å². The number of amides is 1. The van der Waals surface area contributed by atoms with E-state index in [1.165, 1.54) is 12.8 Å². The highest BCUT2D eigenvalue weighted by atomic mass is 79.9. The van der Waals surface area contributed by atoms with E-state index in [-0.39, 0.29) is 5.91 Å². The summed E-state index contributed by atoms with van der Waals surface area (Å²) >= 11 is 3.38. The van der Waals surface area contributed by atoms with Gasteiger partial charge < -0.3 is 10.2 Å². The number of anilines is 2. The standard InChI is InChI=1S/C23H23BrN4O/c1-16-11-13-28(14-12-16)22-10-9-21(26-27-22)18-3-2-4-20(15-18)25-23(29)17-5-7-19(24)8-6-17/h2-10,15-16H,11-14H2,1H3,(H,25,29). The third-order valence-electron chi connectivity index (χ3n) is 5.28. The molecule has 148 valence electrons. The van der Waals surface area contributed by atoms with Crippen LogP contribution in [0.4, 0.5) is 11.5 Å². The van der Waals surface area contributed by atoms with Gasteiger partial charge in [0.25, 0.3) is 5.91 Å². The predicted molar refractivity (Wildman–Crippen MR) is 120 cm³/mol. The molecule has 1 aromatic heterocycles. The Morgan fingerprint density at radius 3 is 2.48 bits per heavy atom. The lowest BCUT2D eigenvalue weighted by atomic mass is 9.99. The minimum absolute atomic E-state index is 0.143. The predicted octanol–water partition coefficient (Wildman–Crippen LogP) is 5.39. The number of piperidine rings is 1. The maximum atomic E-state index is 12.5. The molecular formula is C23H23BrN4O. The van der Waals surface area contributed by atoms with Gasteiger partial charge in [0, 0.05) is 34.4 Å². The van der Waals surface area contributed by atoms with Crippen LogP contribution in [0.3, 0.4) is 0 Å². The van der Waals surface area contributed by atoms with E-state index in [1.54, 1.807) is 12.1 Å². The number of carbonyl (C=O) groups is 1. The van der Waals surface area contributed by atoms with Gasteiger partial charge in [-0.2, -0.15) is 0 Å². The molecule has 0 aliphatic carbocycles. The van der Waals surface area contributed by atoms with Crippen molar-refractivity contribution < 1.29 is 4.79 Å². The van der Waals surface area contributed by atoms with Crippen molar-refractivity contribution in [1.29, 1.82) is 0 Å². The molecular weight excluding hydrogens is 428 g/mol. The Bertz CT molecular complexity index is 981. The van der Waals surface area contributed by atoms with Crippen molar-refractivity contribution >= 4 is 33.3 Å². The van der Waals surface area contributed by atoms with Crippen LogP contribution in [0.2, 0.25) is 0 Å². The fraction of sp³-hybridized carbons (Fsp3) is 0.261. The molecule has 0 radical (unpaired) electrons. The molecule has 1 fully saturated rings. The van der Waals surface area contributed by atoms with Crippen LogP contribution in [-0.2, 0) is 0 Å². The Labute approximate surface area is 179 Å². The van der Waals surface area contributed by atoms with Gasteiger partial charge in [-0.25, -0.2) is 0 Å². The second-order valence-electron chi connectivity index (χ2n) is 7.49. The first-order valence-electron chi connectivity index (χ1n) is 9.84. The average Bonchev–Trinajstić information content (AvgIpc) is 2.75. The Hall–Kier alpha value is -2.73. The van der Waals surface area contributed by atoms with E-state index in [4.69, 9.17) is 0 Å². The van der Waals surface area contributed by atoms with Gasteiger partial charge in [-0.3, -0.25) is 4.79 Å². The van der Waals surface area contributed by atoms with Crippen LogP contribution in [0.25, 0.3) is 11.3 Å². The molecule has 2 aromatic carbocycles. The molecule has 0 saturated carbocycles. The summed E-state index contributed by atoms with van der Waals surface area (Å²) in [7, 11) is 0. The number of carbonyl (C=O) groups excluding carboxylic acids is 1. The van der Waals surface area contributed by atoms with Gasteiger partial charge in [0.1, 0.15) is 0 Å². The molecule has 29 heavy (non-hydrogen) atoms. The molecule has 0 atom stereocenters. The molecule has 1 saturated heterocycles. The van der Waals surface area contributed by atoms with Crippen LogP contribution in [-0.4, -0.2) is 29.2 Å². The third kappa shape index (κ3) is 4.82. The molecule has 3 aromatic rings. The normalized spacial score (nSPS) is 14.6. The summed E-state index contributed by atoms with van der Waals surface area (Å²) in [6.45, 7) is 4.37. The average molecular weight is 451 g/mol. The largest absolute Gasteiger partial charge is 0.355 e. The zero-order valence-electron chi connectivity index (χ0n) is 16.3. The second kappa shape index (κ2) is 8.74. The zero-order chi connectivity index (χ0) is 20.2. The summed E-state index contributed by atoms with van der Waals surface area (Å²) in [5.74, 6) is 1.57. The first kappa shape index (κ1) is 19.6. The molecule has 4 rings (SSSR count). The van der Waals surface area contributed by atoms with Crippen LogP contribution in [0.5, 0.6) is 0 Å². The maximum Gasteiger partial charge on any atom is 0.255 e. The Kier molecular flexibility index (Phi) is 5.90. The molecule has 0 bridgehead atoms. The minimum atomic E-state index is -0.143.